The minimum atomic E-state index is 0.0231. The third-order valence-electron chi connectivity index (χ3n) is 4.09. The topological polar surface area (TPSA) is 52.6 Å². The van der Waals surface area contributed by atoms with E-state index in [2.05, 4.69) is 24.4 Å². The number of likely N-dealkylation sites (tertiary alicyclic amines) is 1. The Balaban J connectivity index is 1.72. The Bertz CT molecular complexity index is 440. The molecule has 4 nitrogen and oxygen atoms in total. The Morgan fingerprint density at radius 2 is 2.05 bits per heavy atom. The van der Waals surface area contributed by atoms with E-state index in [1.807, 2.05) is 17.0 Å². The summed E-state index contributed by atoms with van der Waals surface area (Å²) in [5, 5.41) is 12.1. The van der Waals surface area contributed by atoms with Crippen LogP contribution in [0, 0.1) is 12.8 Å². The lowest BCUT2D eigenvalue weighted by atomic mass is 9.98. The number of benzene rings is 1. The van der Waals surface area contributed by atoms with Crippen molar-refractivity contribution < 1.29 is 9.90 Å². The fraction of sp³-hybridized carbons (Fsp3) is 0.562. The van der Waals surface area contributed by atoms with Gasteiger partial charge in [-0.1, -0.05) is 24.3 Å². The summed E-state index contributed by atoms with van der Waals surface area (Å²) >= 11 is 0. The zero-order valence-corrected chi connectivity index (χ0v) is 12.1. The number of aliphatic hydroxyl groups excluding tert-OH is 1. The number of amides is 2. The molecule has 0 atom stereocenters. The molecule has 1 aromatic carbocycles. The maximum Gasteiger partial charge on any atom is 0.317 e. The maximum absolute atomic E-state index is 12.0. The Kier molecular flexibility index (Phi) is 5.41. The predicted octanol–water partition coefficient (Wildman–Crippen LogP) is 1.95. The zero-order chi connectivity index (χ0) is 14.4. The summed E-state index contributed by atoms with van der Waals surface area (Å²) in [4.78, 5) is 13.9. The van der Waals surface area contributed by atoms with Crippen LogP contribution in [-0.2, 0) is 6.42 Å². The molecule has 1 fully saturated rings. The first-order valence-corrected chi connectivity index (χ1v) is 7.39. The van der Waals surface area contributed by atoms with Gasteiger partial charge >= 0.3 is 6.03 Å². The van der Waals surface area contributed by atoms with Gasteiger partial charge in [-0.3, -0.25) is 0 Å². The molecule has 0 saturated carbocycles. The van der Waals surface area contributed by atoms with Gasteiger partial charge in [0.2, 0.25) is 0 Å². The van der Waals surface area contributed by atoms with E-state index in [0.29, 0.717) is 12.5 Å². The van der Waals surface area contributed by atoms with E-state index in [1.165, 1.54) is 11.1 Å². The highest BCUT2D eigenvalue weighted by molar-refractivity contribution is 5.74. The van der Waals surface area contributed by atoms with E-state index in [-0.39, 0.29) is 12.6 Å². The molecule has 2 amide bonds. The molecule has 20 heavy (non-hydrogen) atoms. The minimum Gasteiger partial charge on any atom is -0.396 e. The second-order valence-corrected chi connectivity index (χ2v) is 5.52. The van der Waals surface area contributed by atoms with Crippen LogP contribution in [-0.4, -0.2) is 42.3 Å². The van der Waals surface area contributed by atoms with Crippen molar-refractivity contribution >= 4 is 6.03 Å². The van der Waals surface area contributed by atoms with Gasteiger partial charge in [-0.05, 0) is 43.2 Å². The molecule has 1 aromatic rings. The van der Waals surface area contributed by atoms with Gasteiger partial charge in [0.05, 0.1) is 0 Å². The molecule has 2 N–H and O–H groups in total. The Labute approximate surface area is 120 Å². The number of carbonyl (C=O) groups excluding carboxylic acids is 1. The van der Waals surface area contributed by atoms with Gasteiger partial charge < -0.3 is 15.3 Å². The lowest BCUT2D eigenvalue weighted by Crippen LogP contribution is -2.45. The van der Waals surface area contributed by atoms with Crippen LogP contribution in [0.1, 0.15) is 24.0 Å². The van der Waals surface area contributed by atoms with Crippen LogP contribution in [0.25, 0.3) is 0 Å². The first kappa shape index (κ1) is 14.9. The van der Waals surface area contributed by atoms with E-state index in [4.69, 9.17) is 5.11 Å². The minimum absolute atomic E-state index is 0.0231. The standard InChI is InChI=1S/C16H24N2O2/c1-13-4-2-3-5-15(13)6-9-17-16(20)18-10-7-14(12-19)8-11-18/h2-5,14,19H,6-12H2,1H3,(H,17,20). The van der Waals surface area contributed by atoms with Crippen molar-refractivity contribution in [2.75, 3.05) is 26.2 Å². The fourth-order valence-electron chi connectivity index (χ4n) is 2.63. The lowest BCUT2D eigenvalue weighted by molar-refractivity contribution is 0.137. The van der Waals surface area contributed by atoms with Gasteiger partial charge in [0.1, 0.15) is 0 Å². The fourth-order valence-corrected chi connectivity index (χ4v) is 2.63. The number of nitrogens with one attached hydrogen (secondary N) is 1. The first-order valence-electron chi connectivity index (χ1n) is 7.39. The molecular formula is C16H24N2O2. The highest BCUT2D eigenvalue weighted by Gasteiger charge is 2.21. The smallest absolute Gasteiger partial charge is 0.317 e. The number of aliphatic hydroxyl groups is 1. The van der Waals surface area contributed by atoms with Crippen LogP contribution < -0.4 is 5.32 Å². The van der Waals surface area contributed by atoms with E-state index < -0.39 is 0 Å². The Morgan fingerprint density at radius 3 is 2.70 bits per heavy atom. The van der Waals surface area contributed by atoms with Gasteiger partial charge in [0.25, 0.3) is 0 Å². The number of nitrogens with zero attached hydrogens (tertiary/aromatic N) is 1. The molecule has 4 heteroatoms. The van der Waals surface area contributed by atoms with E-state index in [1.54, 1.807) is 0 Å². The predicted molar refractivity (Wildman–Crippen MR) is 79.7 cm³/mol. The largest absolute Gasteiger partial charge is 0.396 e. The van der Waals surface area contributed by atoms with Crippen molar-refractivity contribution in [1.82, 2.24) is 10.2 Å². The molecule has 1 aliphatic heterocycles. The number of piperidine rings is 1. The van der Waals surface area contributed by atoms with E-state index in [9.17, 15) is 4.79 Å². The van der Waals surface area contributed by atoms with E-state index in [0.717, 1.165) is 32.4 Å². The molecular weight excluding hydrogens is 252 g/mol. The van der Waals surface area contributed by atoms with Gasteiger partial charge in [0, 0.05) is 26.2 Å². The van der Waals surface area contributed by atoms with Crippen molar-refractivity contribution in [3.8, 4) is 0 Å². The summed E-state index contributed by atoms with van der Waals surface area (Å²) in [5.41, 5.74) is 2.55. The Morgan fingerprint density at radius 1 is 1.35 bits per heavy atom. The molecule has 0 radical (unpaired) electrons. The average molecular weight is 276 g/mol. The molecule has 2 rings (SSSR count). The molecule has 0 aliphatic carbocycles. The third kappa shape index (κ3) is 3.97. The second-order valence-electron chi connectivity index (χ2n) is 5.52. The monoisotopic (exact) mass is 276 g/mol. The van der Waals surface area contributed by atoms with Crippen molar-refractivity contribution in [1.29, 1.82) is 0 Å². The van der Waals surface area contributed by atoms with E-state index >= 15 is 0 Å². The zero-order valence-electron chi connectivity index (χ0n) is 12.1. The number of urea groups is 1. The summed E-state index contributed by atoms with van der Waals surface area (Å²) in [6.07, 6.45) is 2.68. The maximum atomic E-state index is 12.0. The van der Waals surface area contributed by atoms with Crippen LogP contribution in [0.5, 0.6) is 0 Å². The summed E-state index contributed by atoms with van der Waals surface area (Å²) in [6, 6.07) is 8.28. The summed E-state index contributed by atoms with van der Waals surface area (Å²) < 4.78 is 0. The van der Waals surface area contributed by atoms with Gasteiger partial charge in [-0.15, -0.1) is 0 Å². The molecule has 0 spiro atoms. The highest BCUT2D eigenvalue weighted by Crippen LogP contribution is 2.16. The van der Waals surface area contributed by atoms with Crippen LogP contribution in [0.15, 0.2) is 24.3 Å². The van der Waals surface area contributed by atoms with Crippen LogP contribution in [0.2, 0.25) is 0 Å². The number of hydrogen-bond acceptors (Lipinski definition) is 2. The molecule has 1 aliphatic rings. The van der Waals surface area contributed by atoms with Crippen molar-refractivity contribution in [3.63, 3.8) is 0 Å². The van der Waals surface area contributed by atoms with Gasteiger partial charge in [0.15, 0.2) is 0 Å². The van der Waals surface area contributed by atoms with Crippen molar-refractivity contribution in [2.24, 2.45) is 5.92 Å². The van der Waals surface area contributed by atoms with Crippen LogP contribution >= 0.6 is 0 Å². The molecule has 110 valence electrons. The number of aryl methyl sites for hydroxylation is 1. The number of carbonyl (C=O) groups is 1. The molecule has 1 saturated heterocycles. The molecule has 0 unspecified atom stereocenters. The normalized spacial score (nSPS) is 16.2. The average Bonchev–Trinajstić information content (AvgIpc) is 2.49. The number of hydrogen-bond donors (Lipinski definition) is 2. The molecule has 1 heterocycles. The summed E-state index contributed by atoms with van der Waals surface area (Å²) in [7, 11) is 0. The van der Waals surface area contributed by atoms with Crippen LogP contribution in [0.3, 0.4) is 0 Å². The van der Waals surface area contributed by atoms with Crippen molar-refractivity contribution in [2.45, 2.75) is 26.2 Å². The first-order chi connectivity index (χ1) is 9.70. The number of rotatable bonds is 4. The molecule has 0 bridgehead atoms. The summed E-state index contributed by atoms with van der Waals surface area (Å²) in [5.74, 6) is 0.367. The van der Waals surface area contributed by atoms with Gasteiger partial charge in [-0.2, -0.15) is 0 Å². The molecule has 0 aromatic heterocycles. The SMILES string of the molecule is Cc1ccccc1CCNC(=O)N1CCC(CO)CC1. The summed E-state index contributed by atoms with van der Waals surface area (Å²) in [6.45, 7) is 4.51. The van der Waals surface area contributed by atoms with Crippen molar-refractivity contribution in [3.05, 3.63) is 35.4 Å². The van der Waals surface area contributed by atoms with Crippen LogP contribution in [0.4, 0.5) is 4.79 Å². The second kappa shape index (κ2) is 7.29. The third-order valence-corrected chi connectivity index (χ3v) is 4.09. The Hall–Kier alpha value is -1.55. The lowest BCUT2D eigenvalue weighted by Gasteiger charge is -2.31. The van der Waals surface area contributed by atoms with Gasteiger partial charge in [-0.25, -0.2) is 4.79 Å². The highest BCUT2D eigenvalue weighted by atomic mass is 16.3. The quantitative estimate of drug-likeness (QED) is 0.883.